The molecule has 0 atom stereocenters. The van der Waals surface area contributed by atoms with Gasteiger partial charge in [-0.15, -0.1) is 0 Å². The number of hydrogen-bond acceptors (Lipinski definition) is 28. The SMILES string of the molecule is [NH4+].[NH4+].[NH4+].[NH4+].[NH4+].[NH4+].[NH4+].[NH4+].[NH4+].[O]=[Mo](=[O])([O-])[O-].[O]=[Mo](=[O])([O-])[O-].[O]=[Mo](=[O])([O-])[O-].[O]=[Mo](=[O])([O-])[O-].[O]=[Mo](=[O])([O-])[O-].[O]=[Mo](=[O])([O-])[O-].[O]=[Mo](=[O])([O-])[O-].[V]. The fourth-order valence-corrected chi connectivity index (χ4v) is 0. The molecule has 1 radical (unpaired) electrons. The summed E-state index contributed by atoms with van der Waals surface area (Å²) < 4.78 is 242. The van der Waals surface area contributed by atoms with Crippen LogP contribution < -0.4 is 108 Å². The van der Waals surface area contributed by atoms with Gasteiger partial charge in [0, 0.05) is 18.6 Å². The molecule has 0 aliphatic heterocycles. The van der Waals surface area contributed by atoms with Crippen molar-refractivity contribution in [2.24, 2.45) is 0 Å². The summed E-state index contributed by atoms with van der Waals surface area (Å²) in [7, 11) is 0. The van der Waals surface area contributed by atoms with E-state index in [1.165, 1.54) is 0 Å². The Balaban J connectivity index is -0.0000000131. The van der Waals surface area contributed by atoms with Crippen LogP contribution in [0.15, 0.2) is 0 Å². The molecule has 37 nitrogen and oxygen atoms in total. The topological polar surface area (TPSA) is 890 Å². The van der Waals surface area contributed by atoms with Gasteiger partial charge in [-0.2, -0.15) is 0 Å². The molecule has 0 saturated carbocycles. The monoisotopic (exact) mass is 1350 g/mol. The molecule has 0 aromatic rings. The first-order valence-corrected chi connectivity index (χ1v) is 27.6. The fraction of sp³-hybridized carbons (Fsp3) is 0. The summed E-state index contributed by atoms with van der Waals surface area (Å²) in [5.41, 5.74) is 0. The van der Waals surface area contributed by atoms with E-state index in [4.69, 9.17) is 100 Å². The number of quaternary nitrogens is 9. The zero-order valence-corrected chi connectivity index (χ0v) is 39.2. The zero-order chi connectivity index (χ0) is 31.5. The van der Waals surface area contributed by atoms with Gasteiger partial charge in [0.05, 0.1) is 0 Å². The van der Waals surface area contributed by atoms with Gasteiger partial charge in [0.25, 0.3) is 0 Å². The second-order valence-electron chi connectivity index (χ2n) is 2.86. The predicted molar refractivity (Wildman–Crippen MR) is 63.5 cm³/mol. The van der Waals surface area contributed by atoms with Crippen LogP contribution in [-0.4, -0.2) is 0 Å². The maximum absolute atomic E-state index is 8.63. The second-order valence-corrected chi connectivity index (χ2v) is 16.9. The van der Waals surface area contributed by atoms with E-state index >= 15 is 0 Å². The smallest absolute Gasteiger partial charge is 0 e. The van der Waals surface area contributed by atoms with Crippen LogP contribution in [0.2, 0.25) is 0 Å². The Morgan fingerprint density at radius 1 is 0.178 bits per heavy atom. The molecule has 0 saturated heterocycles. The average Bonchev–Trinajstić information content (AvgIpc) is 2.06. The van der Waals surface area contributed by atoms with Crippen molar-refractivity contribution in [1.82, 2.24) is 55.4 Å². The third-order valence-electron chi connectivity index (χ3n) is 0. The predicted octanol–water partition coefficient (Wildman–Crippen LogP) is -14.9. The van der Waals surface area contributed by atoms with Crippen LogP contribution in [-0.2, 0) is 183 Å². The number of rotatable bonds is 0. The van der Waals surface area contributed by atoms with Gasteiger partial charge in [0.2, 0.25) is 0 Å². The molecule has 0 unspecified atom stereocenters. The summed E-state index contributed by atoms with van der Waals surface area (Å²) in [5.74, 6) is 0. The third-order valence-corrected chi connectivity index (χ3v) is 0. The molecule has 0 heterocycles. The van der Waals surface area contributed by atoms with Crippen molar-refractivity contribution in [3.05, 3.63) is 0 Å². The van der Waals surface area contributed by atoms with Gasteiger partial charge in [-0.3, -0.25) is 0 Å². The molecular weight excluding hydrogens is 1300 g/mol. The Labute approximate surface area is 287 Å². The molecule has 0 aromatic carbocycles. The minimum atomic E-state index is -6.02. The van der Waals surface area contributed by atoms with Crippen molar-refractivity contribution in [2.75, 3.05) is 0 Å². The first-order valence-electron chi connectivity index (χ1n) is 4.67. The summed E-state index contributed by atoms with van der Waals surface area (Å²) >= 11 is -42.1. The van der Waals surface area contributed by atoms with Gasteiger partial charge < -0.3 is 55.4 Å². The third kappa shape index (κ3) is 30800. The van der Waals surface area contributed by atoms with Gasteiger partial charge in [-0.25, -0.2) is 0 Å². The van der Waals surface area contributed by atoms with Gasteiger partial charge >= 0.3 is 217 Å². The quantitative estimate of drug-likeness (QED) is 0.102. The van der Waals surface area contributed by atoms with E-state index in [0.29, 0.717) is 0 Å². The summed E-state index contributed by atoms with van der Waals surface area (Å²) in [4.78, 5) is 0. The molecule has 0 aliphatic rings. The van der Waals surface area contributed by atoms with E-state index in [9.17, 15) is 0 Å². The molecule has 0 aliphatic carbocycles. The zero-order valence-electron chi connectivity index (χ0n) is 23.7. The molecule has 0 aromatic heterocycles. The summed E-state index contributed by atoms with van der Waals surface area (Å²) in [6.45, 7) is 0. The first-order chi connectivity index (χ1) is 14.0. The van der Waals surface area contributed by atoms with Gasteiger partial charge in [-0.1, -0.05) is 0 Å². The van der Waals surface area contributed by atoms with Crippen molar-refractivity contribution in [3.63, 3.8) is 0 Å². The van der Waals surface area contributed by atoms with Crippen molar-refractivity contribution in [1.29, 1.82) is 0 Å². The normalized spacial score (nSPS) is 9.02. The van der Waals surface area contributed by atoms with Gasteiger partial charge in [-0.05, 0) is 0 Å². The van der Waals surface area contributed by atoms with E-state index < -0.39 is 117 Å². The van der Waals surface area contributed by atoms with Gasteiger partial charge in [0.15, 0.2) is 0 Å². The van der Waals surface area contributed by atoms with E-state index in [1.54, 1.807) is 0 Å². The summed E-state index contributed by atoms with van der Waals surface area (Å²) in [6, 6.07) is 0. The molecular formula is H36Mo7N9O28V-5. The van der Waals surface area contributed by atoms with Crippen LogP contribution in [0.4, 0.5) is 0 Å². The van der Waals surface area contributed by atoms with Crippen LogP contribution >= 0.6 is 0 Å². The largest absolute Gasteiger partial charge is 0 e. The first kappa shape index (κ1) is 111. The summed E-state index contributed by atoms with van der Waals surface area (Å²) in [5, 5.41) is 0. The van der Waals surface area contributed by atoms with E-state index in [1.807, 2.05) is 0 Å². The Bertz CT molecular complexity index is 942. The second kappa shape index (κ2) is 47.8. The number of hydrogen-bond donors (Lipinski definition) is 9. The Morgan fingerprint density at radius 3 is 0.178 bits per heavy atom. The summed E-state index contributed by atoms with van der Waals surface area (Å²) in [6.07, 6.45) is 0. The van der Waals surface area contributed by atoms with Crippen LogP contribution in [0.5, 0.6) is 0 Å². The molecule has 301 valence electrons. The van der Waals surface area contributed by atoms with E-state index in [0.717, 1.165) is 0 Å². The molecule has 0 amide bonds. The maximum Gasteiger partial charge on any atom is 0 e. The van der Waals surface area contributed by atoms with Crippen LogP contribution in [0.1, 0.15) is 0 Å². The minimum absolute atomic E-state index is 0. The molecule has 0 fully saturated rings. The van der Waals surface area contributed by atoms with Crippen molar-refractivity contribution < 1.29 is 236 Å². The van der Waals surface area contributed by atoms with Crippen LogP contribution in [0.3, 0.4) is 0 Å². The standard InChI is InChI=1S/7Mo.9H3N.28O.V/h;;;;;;;9*1H3;;;;;;;;;;;;;;;;;;;;;;;;;;;;;/q;;;;;;;;;;;;;;;;;;;;;;;;;;;;;;14*-1;/p+9. The minimum Gasteiger partial charge on any atom is 0 e. The Hall–Kier alpha value is 1.68. The van der Waals surface area contributed by atoms with E-state index in [2.05, 4.69) is 0 Å². The molecule has 0 spiro atoms. The van der Waals surface area contributed by atoms with E-state index in [-0.39, 0.29) is 73.9 Å². The van der Waals surface area contributed by atoms with Gasteiger partial charge in [0.1, 0.15) is 0 Å². The Morgan fingerprint density at radius 2 is 0.178 bits per heavy atom. The Kier molecular flexibility index (Phi) is 117. The van der Waals surface area contributed by atoms with Crippen molar-refractivity contribution >= 4 is 0 Å². The average molecular weight is 1330 g/mol. The van der Waals surface area contributed by atoms with Crippen molar-refractivity contribution in [3.8, 4) is 0 Å². The van der Waals surface area contributed by atoms with Crippen LogP contribution in [0.25, 0.3) is 0 Å². The van der Waals surface area contributed by atoms with Crippen molar-refractivity contribution in [2.45, 2.75) is 0 Å². The van der Waals surface area contributed by atoms with Crippen LogP contribution in [0, 0.1) is 0 Å². The maximum atomic E-state index is 8.63. The fourth-order valence-electron chi connectivity index (χ4n) is 0. The molecule has 45 heavy (non-hydrogen) atoms. The molecule has 0 rings (SSSR count). The molecule has 36 N–H and O–H groups in total. The molecule has 0 bridgehead atoms. The molecule has 45 heteroatoms.